The van der Waals surface area contributed by atoms with Crippen LogP contribution in [0.5, 0.6) is 0 Å². The van der Waals surface area contributed by atoms with Gasteiger partial charge in [-0.3, -0.25) is 19.5 Å². The molecule has 4 rings (SSSR count). The van der Waals surface area contributed by atoms with Crippen molar-refractivity contribution in [3.63, 3.8) is 0 Å². The summed E-state index contributed by atoms with van der Waals surface area (Å²) in [5.74, 6) is -1.57. The summed E-state index contributed by atoms with van der Waals surface area (Å²) in [5, 5.41) is 2.99. The quantitative estimate of drug-likeness (QED) is 0.555. The summed E-state index contributed by atoms with van der Waals surface area (Å²) in [6.45, 7) is 2.12. The molecule has 0 spiro atoms. The first-order chi connectivity index (χ1) is 15.6. The second-order valence-electron chi connectivity index (χ2n) is 8.13. The van der Waals surface area contributed by atoms with Crippen molar-refractivity contribution >= 4 is 11.7 Å². The number of carbonyl (C=O) groups is 2. The standard InChI is InChI=1S/C26H26FN3O2/c27-21-11-9-20(10-12-21)25(31)23-17-30(16-19-6-2-1-3-7-19)18-24(23)26(32)29-15-13-22-8-4-5-14-28-22/h1-12,14,23-24H,13,15-18H2,(H,29,32)/t23-,24-/m1/s1. The number of pyridine rings is 1. The third-order valence-electron chi connectivity index (χ3n) is 5.85. The monoisotopic (exact) mass is 431 g/mol. The number of hydrogen-bond donors (Lipinski definition) is 1. The molecule has 164 valence electrons. The minimum Gasteiger partial charge on any atom is -0.355 e. The second-order valence-corrected chi connectivity index (χ2v) is 8.13. The van der Waals surface area contributed by atoms with Crippen LogP contribution in [-0.2, 0) is 17.8 Å². The van der Waals surface area contributed by atoms with Gasteiger partial charge in [0, 0.05) is 56.0 Å². The molecule has 0 bridgehead atoms. The van der Waals surface area contributed by atoms with Gasteiger partial charge in [0.25, 0.3) is 0 Å². The molecule has 0 aliphatic carbocycles. The molecule has 1 saturated heterocycles. The predicted octanol–water partition coefficient (Wildman–Crippen LogP) is 3.51. The van der Waals surface area contributed by atoms with Gasteiger partial charge >= 0.3 is 0 Å². The van der Waals surface area contributed by atoms with Crippen molar-refractivity contribution in [2.45, 2.75) is 13.0 Å². The second kappa shape index (κ2) is 10.3. The maximum Gasteiger partial charge on any atom is 0.225 e. The third kappa shape index (κ3) is 5.45. The highest BCUT2D eigenvalue weighted by Gasteiger charge is 2.41. The van der Waals surface area contributed by atoms with Gasteiger partial charge < -0.3 is 5.32 Å². The Morgan fingerprint density at radius 2 is 1.66 bits per heavy atom. The maximum absolute atomic E-state index is 13.3. The smallest absolute Gasteiger partial charge is 0.225 e. The minimum absolute atomic E-state index is 0.120. The Morgan fingerprint density at radius 1 is 0.938 bits per heavy atom. The third-order valence-corrected chi connectivity index (χ3v) is 5.85. The van der Waals surface area contributed by atoms with Crippen LogP contribution in [0.1, 0.15) is 21.6 Å². The number of hydrogen-bond acceptors (Lipinski definition) is 4. The molecular weight excluding hydrogens is 405 g/mol. The largest absolute Gasteiger partial charge is 0.355 e. The van der Waals surface area contributed by atoms with Crippen LogP contribution in [0.3, 0.4) is 0 Å². The van der Waals surface area contributed by atoms with E-state index >= 15 is 0 Å². The van der Waals surface area contributed by atoms with Crippen LogP contribution in [0.15, 0.2) is 79.0 Å². The molecule has 2 atom stereocenters. The maximum atomic E-state index is 13.3. The van der Waals surface area contributed by atoms with Crippen LogP contribution >= 0.6 is 0 Å². The fourth-order valence-electron chi connectivity index (χ4n) is 4.21. The highest BCUT2D eigenvalue weighted by atomic mass is 19.1. The number of Topliss-reactive ketones (excluding diaryl/α,β-unsaturated/α-hetero) is 1. The van der Waals surface area contributed by atoms with Crippen LogP contribution in [0.4, 0.5) is 4.39 Å². The molecule has 2 aromatic carbocycles. The first kappa shape index (κ1) is 21.8. The zero-order chi connectivity index (χ0) is 22.3. The Hall–Kier alpha value is -3.38. The summed E-state index contributed by atoms with van der Waals surface area (Å²) >= 11 is 0. The van der Waals surface area contributed by atoms with E-state index in [1.165, 1.54) is 24.3 Å². The average molecular weight is 432 g/mol. The van der Waals surface area contributed by atoms with Crippen molar-refractivity contribution in [1.82, 2.24) is 15.2 Å². The first-order valence-corrected chi connectivity index (χ1v) is 10.8. The van der Waals surface area contributed by atoms with Crippen LogP contribution in [-0.4, -0.2) is 41.2 Å². The number of nitrogens with zero attached hydrogens (tertiary/aromatic N) is 2. The highest BCUT2D eigenvalue weighted by molar-refractivity contribution is 6.01. The number of carbonyl (C=O) groups excluding carboxylic acids is 2. The van der Waals surface area contributed by atoms with Crippen LogP contribution in [0.2, 0.25) is 0 Å². The fourth-order valence-corrected chi connectivity index (χ4v) is 4.21. The van der Waals surface area contributed by atoms with Crippen LogP contribution in [0, 0.1) is 17.7 Å². The Balaban J connectivity index is 1.46. The number of amides is 1. The molecule has 2 heterocycles. The number of benzene rings is 2. The highest BCUT2D eigenvalue weighted by Crippen LogP contribution is 2.28. The van der Waals surface area contributed by atoms with Gasteiger partial charge in [0.2, 0.25) is 5.91 Å². The normalized spacial score (nSPS) is 18.4. The summed E-state index contributed by atoms with van der Waals surface area (Å²) in [6.07, 6.45) is 2.36. The van der Waals surface area contributed by atoms with E-state index in [4.69, 9.17) is 0 Å². The van der Waals surface area contributed by atoms with Crippen LogP contribution < -0.4 is 5.32 Å². The molecule has 1 fully saturated rings. The summed E-state index contributed by atoms with van der Waals surface area (Å²) in [6, 6.07) is 21.2. The lowest BCUT2D eigenvalue weighted by atomic mass is 9.88. The van der Waals surface area contributed by atoms with E-state index in [1.807, 2.05) is 48.5 Å². The van der Waals surface area contributed by atoms with Gasteiger partial charge in [-0.05, 0) is 42.0 Å². The van der Waals surface area contributed by atoms with Gasteiger partial charge in [0.15, 0.2) is 5.78 Å². The summed E-state index contributed by atoms with van der Waals surface area (Å²) in [5.41, 5.74) is 2.48. The zero-order valence-corrected chi connectivity index (χ0v) is 17.8. The molecule has 3 aromatic rings. The first-order valence-electron chi connectivity index (χ1n) is 10.8. The Morgan fingerprint density at radius 3 is 2.38 bits per heavy atom. The summed E-state index contributed by atoms with van der Waals surface area (Å²) in [7, 11) is 0. The summed E-state index contributed by atoms with van der Waals surface area (Å²) < 4.78 is 13.3. The summed E-state index contributed by atoms with van der Waals surface area (Å²) in [4.78, 5) is 32.7. The predicted molar refractivity (Wildman–Crippen MR) is 120 cm³/mol. The number of nitrogens with one attached hydrogen (secondary N) is 1. The van der Waals surface area contributed by atoms with Crippen molar-refractivity contribution in [2.24, 2.45) is 11.8 Å². The Kier molecular flexibility index (Phi) is 7.02. The Bertz CT molecular complexity index is 1040. The van der Waals surface area contributed by atoms with Gasteiger partial charge in [-0.25, -0.2) is 4.39 Å². The van der Waals surface area contributed by atoms with Gasteiger partial charge in [-0.15, -0.1) is 0 Å². The molecule has 0 unspecified atom stereocenters. The molecule has 0 saturated carbocycles. The topological polar surface area (TPSA) is 62.3 Å². The van der Waals surface area contributed by atoms with Crippen molar-refractivity contribution in [3.05, 3.63) is 102 Å². The molecule has 1 amide bonds. The molecule has 32 heavy (non-hydrogen) atoms. The molecule has 1 aliphatic heterocycles. The molecule has 1 aliphatic rings. The Labute approximate surface area is 187 Å². The molecular formula is C26H26FN3O2. The molecule has 1 aromatic heterocycles. The van der Waals surface area contributed by atoms with E-state index < -0.39 is 11.8 Å². The lowest BCUT2D eigenvalue weighted by Crippen LogP contribution is -2.38. The van der Waals surface area contributed by atoms with Crippen molar-refractivity contribution in [2.75, 3.05) is 19.6 Å². The van der Waals surface area contributed by atoms with Gasteiger partial charge in [-0.2, -0.15) is 0 Å². The lowest BCUT2D eigenvalue weighted by molar-refractivity contribution is -0.125. The zero-order valence-electron chi connectivity index (χ0n) is 17.8. The van der Waals surface area contributed by atoms with Crippen molar-refractivity contribution in [3.8, 4) is 0 Å². The molecule has 1 N–H and O–H groups in total. The van der Waals surface area contributed by atoms with E-state index in [0.29, 0.717) is 38.2 Å². The SMILES string of the molecule is O=C(NCCc1ccccn1)[C@@H]1CN(Cc2ccccc2)C[C@H]1C(=O)c1ccc(F)cc1. The number of halogens is 1. The fraction of sp³-hybridized carbons (Fsp3) is 0.269. The number of aromatic nitrogens is 1. The lowest BCUT2D eigenvalue weighted by Gasteiger charge is -2.17. The molecule has 5 nitrogen and oxygen atoms in total. The number of rotatable bonds is 8. The molecule has 0 radical (unpaired) electrons. The average Bonchev–Trinajstić information content (AvgIpc) is 3.24. The van der Waals surface area contributed by atoms with E-state index in [0.717, 1.165) is 11.3 Å². The van der Waals surface area contributed by atoms with E-state index in [2.05, 4.69) is 15.2 Å². The molecule has 6 heteroatoms. The van der Waals surface area contributed by atoms with Crippen molar-refractivity contribution < 1.29 is 14.0 Å². The number of ketones is 1. The number of likely N-dealkylation sites (tertiary alicyclic amines) is 1. The van der Waals surface area contributed by atoms with Crippen molar-refractivity contribution in [1.29, 1.82) is 0 Å². The van der Waals surface area contributed by atoms with E-state index in [-0.39, 0.29) is 17.5 Å². The van der Waals surface area contributed by atoms with Gasteiger partial charge in [-0.1, -0.05) is 36.4 Å². The van der Waals surface area contributed by atoms with E-state index in [9.17, 15) is 14.0 Å². The van der Waals surface area contributed by atoms with Gasteiger partial charge in [0.1, 0.15) is 5.82 Å². The minimum atomic E-state index is -0.473. The van der Waals surface area contributed by atoms with Crippen LogP contribution in [0.25, 0.3) is 0 Å². The van der Waals surface area contributed by atoms with Gasteiger partial charge in [0.05, 0.1) is 5.92 Å². The van der Waals surface area contributed by atoms with E-state index in [1.54, 1.807) is 6.20 Å².